The summed E-state index contributed by atoms with van der Waals surface area (Å²) in [6.07, 6.45) is -0.127. The molecule has 1 aliphatic heterocycles. The van der Waals surface area contributed by atoms with E-state index in [9.17, 15) is 18.8 Å². The van der Waals surface area contributed by atoms with Gasteiger partial charge in [-0.25, -0.2) is 13.6 Å². The Balaban J connectivity index is 2.07. The molecule has 0 aromatic heterocycles. The van der Waals surface area contributed by atoms with Crippen molar-refractivity contribution in [1.29, 1.82) is 5.26 Å². The van der Waals surface area contributed by atoms with Gasteiger partial charge in [-0.3, -0.25) is 0 Å². The molecule has 1 saturated heterocycles. The highest BCUT2D eigenvalue weighted by Gasteiger charge is 2.37. The summed E-state index contributed by atoms with van der Waals surface area (Å²) in [5.74, 6) is -1.84. The summed E-state index contributed by atoms with van der Waals surface area (Å²) in [4.78, 5) is 13.6. The van der Waals surface area contributed by atoms with E-state index < -0.39 is 23.3 Å². The molecule has 1 fully saturated rings. The second kappa shape index (κ2) is 6.53. The summed E-state index contributed by atoms with van der Waals surface area (Å²) in [5.41, 5.74) is -0.123. The summed E-state index contributed by atoms with van der Waals surface area (Å²) >= 11 is 0. The van der Waals surface area contributed by atoms with Crippen LogP contribution in [0.5, 0.6) is 0 Å². The molecule has 2 unspecified atom stereocenters. The van der Waals surface area contributed by atoms with Crippen LogP contribution in [0.3, 0.4) is 0 Å². The van der Waals surface area contributed by atoms with Crippen LogP contribution in [0.15, 0.2) is 18.2 Å². The van der Waals surface area contributed by atoms with Crippen molar-refractivity contribution in [2.24, 2.45) is 11.8 Å². The van der Waals surface area contributed by atoms with Crippen LogP contribution in [0.2, 0.25) is 0 Å². The normalized spacial score (nSPS) is 21.1. The zero-order valence-electron chi connectivity index (χ0n) is 13.5. The number of nitrogens with zero attached hydrogens (tertiary/aromatic N) is 2. The molecule has 2 rings (SSSR count). The van der Waals surface area contributed by atoms with Gasteiger partial charge in [0.1, 0.15) is 17.2 Å². The summed E-state index contributed by atoms with van der Waals surface area (Å²) in [6.45, 7) is 5.93. The van der Waals surface area contributed by atoms with Crippen molar-refractivity contribution in [2.45, 2.75) is 32.8 Å². The van der Waals surface area contributed by atoms with Crippen molar-refractivity contribution in [1.82, 2.24) is 4.90 Å². The van der Waals surface area contributed by atoms with E-state index in [1.807, 2.05) is 0 Å². The average molecular weight is 322 g/mol. The van der Waals surface area contributed by atoms with E-state index in [4.69, 9.17) is 4.74 Å². The second-order valence-corrected chi connectivity index (χ2v) is 6.86. The number of halogens is 2. The minimum absolute atomic E-state index is 0.172. The summed E-state index contributed by atoms with van der Waals surface area (Å²) in [5, 5.41) is 9.28. The van der Waals surface area contributed by atoms with Crippen molar-refractivity contribution in [3.05, 3.63) is 35.4 Å². The van der Waals surface area contributed by atoms with Gasteiger partial charge in [-0.05, 0) is 50.8 Å². The SMILES string of the molecule is CC(C)(C)OC(=O)N1CC(C#N)C(Cc2cc(F)cc(F)c2)C1. The number of amides is 1. The maximum atomic E-state index is 13.3. The first-order chi connectivity index (χ1) is 10.7. The fraction of sp³-hybridized carbons (Fsp3) is 0.529. The molecule has 0 spiro atoms. The first-order valence-corrected chi connectivity index (χ1v) is 7.50. The summed E-state index contributed by atoms with van der Waals surface area (Å²) in [7, 11) is 0. The Morgan fingerprint density at radius 1 is 1.30 bits per heavy atom. The summed E-state index contributed by atoms with van der Waals surface area (Å²) < 4.78 is 31.9. The smallest absolute Gasteiger partial charge is 0.410 e. The number of nitriles is 1. The molecule has 6 heteroatoms. The van der Waals surface area contributed by atoms with Gasteiger partial charge < -0.3 is 9.64 Å². The third kappa shape index (κ3) is 4.65. The number of benzene rings is 1. The van der Waals surface area contributed by atoms with Gasteiger partial charge in [0.2, 0.25) is 0 Å². The Morgan fingerprint density at radius 3 is 2.43 bits per heavy atom. The van der Waals surface area contributed by atoms with Crippen LogP contribution in [0, 0.1) is 34.8 Å². The predicted molar refractivity (Wildman–Crippen MR) is 80.5 cm³/mol. The molecule has 4 nitrogen and oxygen atoms in total. The van der Waals surface area contributed by atoms with Gasteiger partial charge >= 0.3 is 6.09 Å². The molecule has 0 bridgehead atoms. The van der Waals surface area contributed by atoms with E-state index in [1.165, 1.54) is 17.0 Å². The number of carbonyl (C=O) groups is 1. The quantitative estimate of drug-likeness (QED) is 0.837. The van der Waals surface area contributed by atoms with E-state index >= 15 is 0 Å². The number of ether oxygens (including phenoxy) is 1. The Kier molecular flexibility index (Phi) is 4.88. The van der Waals surface area contributed by atoms with Crippen LogP contribution in [-0.4, -0.2) is 29.7 Å². The minimum Gasteiger partial charge on any atom is -0.444 e. The Morgan fingerprint density at radius 2 is 1.91 bits per heavy atom. The van der Waals surface area contributed by atoms with Gasteiger partial charge in [0.15, 0.2) is 0 Å². The molecule has 1 amide bonds. The molecule has 0 aliphatic carbocycles. The lowest BCUT2D eigenvalue weighted by molar-refractivity contribution is 0.0286. The highest BCUT2D eigenvalue weighted by molar-refractivity contribution is 5.68. The zero-order chi connectivity index (χ0) is 17.2. The van der Waals surface area contributed by atoms with Gasteiger partial charge in [0, 0.05) is 19.2 Å². The largest absolute Gasteiger partial charge is 0.444 e. The molecule has 0 N–H and O–H groups in total. The van der Waals surface area contributed by atoms with Crippen molar-refractivity contribution in [3.8, 4) is 6.07 Å². The van der Waals surface area contributed by atoms with Crippen LogP contribution < -0.4 is 0 Å². The molecule has 2 atom stereocenters. The van der Waals surface area contributed by atoms with Gasteiger partial charge in [-0.1, -0.05) is 0 Å². The van der Waals surface area contributed by atoms with Crippen LogP contribution >= 0.6 is 0 Å². The molecular weight excluding hydrogens is 302 g/mol. The van der Waals surface area contributed by atoms with Crippen molar-refractivity contribution in [2.75, 3.05) is 13.1 Å². The summed E-state index contributed by atoms with van der Waals surface area (Å²) in [6, 6.07) is 5.50. The maximum Gasteiger partial charge on any atom is 0.410 e. The fourth-order valence-electron chi connectivity index (χ4n) is 2.73. The van der Waals surface area contributed by atoms with Crippen molar-refractivity contribution >= 4 is 6.09 Å². The number of rotatable bonds is 2. The molecule has 1 aromatic rings. The molecule has 1 aliphatic rings. The number of hydrogen-bond donors (Lipinski definition) is 0. The van der Waals surface area contributed by atoms with Gasteiger partial charge in [-0.15, -0.1) is 0 Å². The lowest BCUT2D eigenvalue weighted by Gasteiger charge is -2.24. The van der Waals surface area contributed by atoms with E-state index in [-0.39, 0.29) is 18.4 Å². The third-order valence-corrected chi connectivity index (χ3v) is 3.68. The van der Waals surface area contributed by atoms with Gasteiger partial charge in [0.05, 0.1) is 12.0 Å². The zero-order valence-corrected chi connectivity index (χ0v) is 13.5. The van der Waals surface area contributed by atoms with Crippen molar-refractivity contribution in [3.63, 3.8) is 0 Å². The molecule has 1 heterocycles. The van der Waals surface area contributed by atoms with Crippen LogP contribution in [-0.2, 0) is 11.2 Å². The number of hydrogen-bond acceptors (Lipinski definition) is 3. The number of likely N-dealkylation sites (tertiary alicyclic amines) is 1. The molecule has 0 radical (unpaired) electrons. The highest BCUT2D eigenvalue weighted by Crippen LogP contribution is 2.28. The lowest BCUT2D eigenvalue weighted by Crippen LogP contribution is -2.35. The first-order valence-electron chi connectivity index (χ1n) is 7.50. The molecule has 23 heavy (non-hydrogen) atoms. The molecular formula is C17H20F2N2O2. The van der Waals surface area contributed by atoms with E-state index in [2.05, 4.69) is 6.07 Å². The third-order valence-electron chi connectivity index (χ3n) is 3.68. The predicted octanol–water partition coefficient (Wildman–Crippen LogP) is 3.51. The van der Waals surface area contributed by atoms with Crippen LogP contribution in [0.1, 0.15) is 26.3 Å². The molecule has 1 aromatic carbocycles. The van der Waals surface area contributed by atoms with E-state index in [0.29, 0.717) is 18.5 Å². The maximum absolute atomic E-state index is 13.3. The standard InChI is InChI=1S/C17H20F2N2O2/c1-17(2,3)23-16(22)21-9-12(13(8-20)10-21)4-11-5-14(18)7-15(19)6-11/h5-7,12-13H,4,9-10H2,1-3H3. The topological polar surface area (TPSA) is 53.3 Å². The van der Waals surface area contributed by atoms with Crippen molar-refractivity contribution < 1.29 is 18.3 Å². The molecule has 0 saturated carbocycles. The fourth-order valence-corrected chi connectivity index (χ4v) is 2.73. The first kappa shape index (κ1) is 17.2. The highest BCUT2D eigenvalue weighted by atomic mass is 19.1. The monoisotopic (exact) mass is 322 g/mol. The van der Waals surface area contributed by atoms with E-state index in [1.54, 1.807) is 20.8 Å². The molecule has 124 valence electrons. The van der Waals surface area contributed by atoms with Gasteiger partial charge in [-0.2, -0.15) is 5.26 Å². The Bertz CT molecular complexity index is 614. The lowest BCUT2D eigenvalue weighted by atomic mass is 9.91. The Labute approximate surface area is 134 Å². The Hall–Kier alpha value is -2.16. The average Bonchev–Trinajstić information content (AvgIpc) is 2.78. The van der Waals surface area contributed by atoms with E-state index in [0.717, 1.165) is 6.07 Å². The number of carbonyl (C=O) groups excluding carboxylic acids is 1. The minimum atomic E-state index is -0.643. The van der Waals surface area contributed by atoms with Gasteiger partial charge in [0.25, 0.3) is 0 Å². The second-order valence-electron chi connectivity index (χ2n) is 6.86. The van der Waals surface area contributed by atoms with Crippen LogP contribution in [0.25, 0.3) is 0 Å². The van der Waals surface area contributed by atoms with Crippen LogP contribution in [0.4, 0.5) is 13.6 Å².